The van der Waals surface area contributed by atoms with E-state index in [-0.39, 0.29) is 17.8 Å². The maximum absolute atomic E-state index is 13.1. The number of rotatable bonds is 6. The van der Waals surface area contributed by atoms with Crippen molar-refractivity contribution in [3.05, 3.63) is 0 Å². The number of hydrogen-bond acceptors (Lipinski definition) is 3. The van der Waals surface area contributed by atoms with Gasteiger partial charge in [-0.25, -0.2) is 0 Å². The average Bonchev–Trinajstić information content (AvgIpc) is 2.54. The number of hydrogen-bond donors (Lipinski definition) is 1. The standard InChI is InChI=1S/C18H34N2O2.ClH/c1-15(2)4-5-16-6-12-20(13-7-16)17(21)18(14-22-3)8-10-19-11-9-18;/h15-16,19H,4-14H2,1-3H3;1H. The molecule has 5 heteroatoms. The van der Waals surface area contributed by atoms with Gasteiger partial charge in [-0.05, 0) is 50.6 Å². The van der Waals surface area contributed by atoms with Crippen LogP contribution in [0, 0.1) is 17.3 Å². The minimum atomic E-state index is -0.273. The van der Waals surface area contributed by atoms with E-state index in [2.05, 4.69) is 24.1 Å². The number of piperidine rings is 2. The number of methoxy groups -OCH3 is 1. The van der Waals surface area contributed by atoms with Crippen LogP contribution in [0.25, 0.3) is 0 Å². The Hall–Kier alpha value is -0.320. The summed E-state index contributed by atoms with van der Waals surface area (Å²) in [5, 5.41) is 3.36. The summed E-state index contributed by atoms with van der Waals surface area (Å²) in [6, 6.07) is 0. The monoisotopic (exact) mass is 346 g/mol. The average molecular weight is 347 g/mol. The third-order valence-corrected chi connectivity index (χ3v) is 5.49. The third-order valence-electron chi connectivity index (χ3n) is 5.49. The Balaban J connectivity index is 0.00000264. The molecule has 0 aromatic rings. The summed E-state index contributed by atoms with van der Waals surface area (Å²) in [5.74, 6) is 1.95. The molecule has 0 unspecified atom stereocenters. The largest absolute Gasteiger partial charge is 0.384 e. The Bertz CT molecular complexity index is 343. The quantitative estimate of drug-likeness (QED) is 0.803. The maximum atomic E-state index is 13.1. The zero-order chi connectivity index (χ0) is 16.0. The second-order valence-corrected chi connectivity index (χ2v) is 7.67. The fourth-order valence-corrected chi connectivity index (χ4v) is 3.93. The van der Waals surface area contributed by atoms with Gasteiger partial charge in [-0.1, -0.05) is 26.7 Å². The van der Waals surface area contributed by atoms with Crippen LogP contribution < -0.4 is 5.32 Å². The molecule has 0 radical (unpaired) electrons. The summed E-state index contributed by atoms with van der Waals surface area (Å²) in [6.45, 7) is 8.91. The van der Waals surface area contributed by atoms with Crippen LogP contribution in [-0.4, -0.2) is 50.7 Å². The van der Waals surface area contributed by atoms with Crippen LogP contribution in [0.5, 0.6) is 0 Å². The highest BCUT2D eigenvalue weighted by molar-refractivity contribution is 5.85. The molecule has 0 bridgehead atoms. The van der Waals surface area contributed by atoms with Crippen LogP contribution in [0.2, 0.25) is 0 Å². The van der Waals surface area contributed by atoms with Crippen LogP contribution in [0.4, 0.5) is 0 Å². The van der Waals surface area contributed by atoms with Crippen LogP contribution in [0.1, 0.15) is 52.4 Å². The number of halogens is 1. The van der Waals surface area contributed by atoms with Gasteiger partial charge in [-0.15, -0.1) is 12.4 Å². The predicted octanol–water partition coefficient (Wildman–Crippen LogP) is 3.10. The Morgan fingerprint density at radius 1 is 1.26 bits per heavy atom. The Labute approximate surface area is 148 Å². The first-order valence-corrected chi connectivity index (χ1v) is 9.06. The summed E-state index contributed by atoms with van der Waals surface area (Å²) >= 11 is 0. The molecule has 0 aromatic carbocycles. The maximum Gasteiger partial charge on any atom is 0.231 e. The number of likely N-dealkylation sites (tertiary alicyclic amines) is 1. The molecule has 0 spiro atoms. The highest BCUT2D eigenvalue weighted by Crippen LogP contribution is 2.34. The van der Waals surface area contributed by atoms with E-state index < -0.39 is 0 Å². The van der Waals surface area contributed by atoms with Crippen molar-refractivity contribution in [3.8, 4) is 0 Å². The number of carbonyl (C=O) groups excluding carboxylic acids is 1. The number of nitrogens with one attached hydrogen (secondary N) is 1. The van der Waals surface area contributed by atoms with Crippen LogP contribution >= 0.6 is 12.4 Å². The molecule has 0 aliphatic carbocycles. The Morgan fingerprint density at radius 2 is 1.87 bits per heavy atom. The van der Waals surface area contributed by atoms with Gasteiger partial charge in [0.2, 0.25) is 5.91 Å². The lowest BCUT2D eigenvalue weighted by molar-refractivity contribution is -0.149. The summed E-state index contributed by atoms with van der Waals surface area (Å²) in [6.07, 6.45) is 6.82. The van der Waals surface area contributed by atoms with Gasteiger partial charge in [0.05, 0.1) is 12.0 Å². The highest BCUT2D eigenvalue weighted by Gasteiger charge is 2.42. The predicted molar refractivity (Wildman–Crippen MR) is 97.0 cm³/mol. The topological polar surface area (TPSA) is 41.6 Å². The molecule has 2 heterocycles. The van der Waals surface area contributed by atoms with E-state index in [1.807, 2.05) is 0 Å². The van der Waals surface area contributed by atoms with Gasteiger partial charge >= 0.3 is 0 Å². The van der Waals surface area contributed by atoms with Crippen molar-refractivity contribution in [2.45, 2.75) is 52.4 Å². The molecule has 23 heavy (non-hydrogen) atoms. The molecule has 0 aromatic heterocycles. The highest BCUT2D eigenvalue weighted by atomic mass is 35.5. The molecular formula is C18H35ClN2O2. The molecule has 2 rings (SSSR count). The molecule has 0 atom stereocenters. The first-order valence-electron chi connectivity index (χ1n) is 9.06. The molecule has 2 saturated heterocycles. The molecule has 2 fully saturated rings. The number of nitrogens with zero attached hydrogens (tertiary/aromatic N) is 1. The van der Waals surface area contributed by atoms with Crippen LogP contribution in [0.15, 0.2) is 0 Å². The summed E-state index contributed by atoms with van der Waals surface area (Å²) < 4.78 is 5.41. The summed E-state index contributed by atoms with van der Waals surface area (Å²) in [5.41, 5.74) is -0.273. The van der Waals surface area contributed by atoms with Gasteiger partial charge in [0, 0.05) is 20.2 Å². The number of ether oxygens (including phenoxy) is 1. The smallest absolute Gasteiger partial charge is 0.231 e. The molecule has 136 valence electrons. The first-order chi connectivity index (χ1) is 10.6. The lowest BCUT2D eigenvalue weighted by atomic mass is 9.77. The van der Waals surface area contributed by atoms with E-state index in [1.54, 1.807) is 7.11 Å². The molecule has 1 N–H and O–H groups in total. The Morgan fingerprint density at radius 3 is 2.39 bits per heavy atom. The van der Waals surface area contributed by atoms with Crippen molar-refractivity contribution in [2.75, 3.05) is 39.9 Å². The second kappa shape index (κ2) is 9.85. The van der Waals surface area contributed by atoms with Gasteiger partial charge in [0.1, 0.15) is 0 Å². The molecule has 1 amide bonds. The third kappa shape index (κ3) is 5.61. The van der Waals surface area contributed by atoms with Crippen molar-refractivity contribution >= 4 is 18.3 Å². The zero-order valence-corrected chi connectivity index (χ0v) is 15.9. The van der Waals surface area contributed by atoms with E-state index in [0.717, 1.165) is 50.9 Å². The Kier molecular flexibility index (Phi) is 8.88. The summed E-state index contributed by atoms with van der Waals surface area (Å²) in [7, 11) is 1.72. The van der Waals surface area contributed by atoms with E-state index in [4.69, 9.17) is 4.74 Å². The molecule has 2 aliphatic rings. The minimum absolute atomic E-state index is 0. The number of carbonyl (C=O) groups is 1. The first kappa shape index (κ1) is 20.7. The van der Waals surface area contributed by atoms with E-state index >= 15 is 0 Å². The molecular weight excluding hydrogens is 312 g/mol. The van der Waals surface area contributed by atoms with Gasteiger partial charge in [0.25, 0.3) is 0 Å². The molecule has 4 nitrogen and oxygen atoms in total. The lowest BCUT2D eigenvalue weighted by Crippen LogP contribution is -2.53. The van der Waals surface area contributed by atoms with Gasteiger partial charge < -0.3 is 15.0 Å². The van der Waals surface area contributed by atoms with E-state index in [0.29, 0.717) is 12.5 Å². The second-order valence-electron chi connectivity index (χ2n) is 7.67. The van der Waals surface area contributed by atoms with Gasteiger partial charge in [-0.3, -0.25) is 4.79 Å². The van der Waals surface area contributed by atoms with Crippen LogP contribution in [-0.2, 0) is 9.53 Å². The fraction of sp³-hybridized carbons (Fsp3) is 0.944. The fourth-order valence-electron chi connectivity index (χ4n) is 3.93. The minimum Gasteiger partial charge on any atom is -0.384 e. The SMILES string of the molecule is COCC1(C(=O)N2CCC(CCC(C)C)CC2)CCNCC1.Cl. The van der Waals surface area contributed by atoms with Crippen molar-refractivity contribution < 1.29 is 9.53 Å². The van der Waals surface area contributed by atoms with Crippen molar-refractivity contribution in [1.29, 1.82) is 0 Å². The van der Waals surface area contributed by atoms with E-state index in [1.165, 1.54) is 25.7 Å². The van der Waals surface area contributed by atoms with Gasteiger partial charge in [-0.2, -0.15) is 0 Å². The van der Waals surface area contributed by atoms with Crippen molar-refractivity contribution in [3.63, 3.8) is 0 Å². The van der Waals surface area contributed by atoms with E-state index in [9.17, 15) is 4.79 Å². The summed E-state index contributed by atoms with van der Waals surface area (Å²) in [4.78, 5) is 15.2. The lowest BCUT2D eigenvalue weighted by Gasteiger charge is -2.42. The van der Waals surface area contributed by atoms with Crippen LogP contribution in [0.3, 0.4) is 0 Å². The normalized spacial score (nSPS) is 22.0. The van der Waals surface area contributed by atoms with Crippen molar-refractivity contribution in [1.82, 2.24) is 10.2 Å². The van der Waals surface area contributed by atoms with Gasteiger partial charge in [0.15, 0.2) is 0 Å². The van der Waals surface area contributed by atoms with Crippen molar-refractivity contribution in [2.24, 2.45) is 17.3 Å². The zero-order valence-electron chi connectivity index (χ0n) is 15.1. The number of amides is 1. The molecule has 2 aliphatic heterocycles. The molecule has 0 saturated carbocycles.